The first-order chi connectivity index (χ1) is 9.10. The zero-order valence-electron chi connectivity index (χ0n) is 13.3. The van der Waals surface area contributed by atoms with Crippen molar-refractivity contribution in [2.75, 3.05) is 19.8 Å². The Hall–Kier alpha value is 0.0569. The second-order valence-corrected chi connectivity index (χ2v) is 7.58. The Kier molecular flexibility index (Phi) is 10.8. The van der Waals surface area contributed by atoms with Crippen LogP contribution < -0.4 is 0 Å². The number of hydrogen-bond donors (Lipinski definition) is 1. The number of aliphatic hydroxyl groups excluding tert-OH is 1. The SMILES string of the molecule is CCCC(O)CC(CC)[Si](OCC)(OCC)OCC. The molecule has 0 aliphatic rings. The molecule has 0 spiro atoms. The zero-order valence-corrected chi connectivity index (χ0v) is 14.3. The van der Waals surface area contributed by atoms with Crippen molar-refractivity contribution in [2.45, 2.75) is 71.9 Å². The van der Waals surface area contributed by atoms with Crippen LogP contribution in [0.2, 0.25) is 5.54 Å². The highest BCUT2D eigenvalue weighted by Crippen LogP contribution is 2.34. The molecule has 0 aliphatic heterocycles. The lowest BCUT2D eigenvalue weighted by Gasteiger charge is -2.35. The van der Waals surface area contributed by atoms with E-state index in [0.29, 0.717) is 26.2 Å². The Labute approximate surface area is 119 Å². The van der Waals surface area contributed by atoms with Crippen LogP contribution in [0.3, 0.4) is 0 Å². The van der Waals surface area contributed by atoms with Gasteiger partial charge in [0.15, 0.2) is 0 Å². The summed E-state index contributed by atoms with van der Waals surface area (Å²) in [5.74, 6) is 0. The summed E-state index contributed by atoms with van der Waals surface area (Å²) in [6.45, 7) is 11.9. The van der Waals surface area contributed by atoms with Crippen molar-refractivity contribution in [3.63, 3.8) is 0 Å². The second kappa shape index (κ2) is 10.8. The van der Waals surface area contributed by atoms with Crippen LogP contribution in [0.15, 0.2) is 0 Å². The van der Waals surface area contributed by atoms with E-state index in [0.717, 1.165) is 19.3 Å². The van der Waals surface area contributed by atoms with Gasteiger partial charge in [0, 0.05) is 25.4 Å². The molecule has 4 nitrogen and oxygen atoms in total. The minimum atomic E-state index is -2.68. The summed E-state index contributed by atoms with van der Waals surface area (Å²) >= 11 is 0. The Morgan fingerprint density at radius 1 is 0.895 bits per heavy atom. The lowest BCUT2D eigenvalue weighted by atomic mass is 10.1. The van der Waals surface area contributed by atoms with E-state index in [9.17, 15) is 5.11 Å². The molecule has 0 rings (SSSR count). The monoisotopic (exact) mass is 292 g/mol. The third kappa shape index (κ3) is 6.36. The standard InChI is InChI=1S/C14H32O4Si/c1-6-11-13(15)12-14(7-2)19(16-8-3,17-9-4)18-10-5/h13-15H,6-12H2,1-5H3. The Morgan fingerprint density at radius 3 is 1.68 bits per heavy atom. The van der Waals surface area contributed by atoms with Crippen molar-refractivity contribution < 1.29 is 18.4 Å². The normalized spacial score (nSPS) is 15.5. The predicted octanol–water partition coefficient (Wildman–Crippen LogP) is 3.37. The maximum absolute atomic E-state index is 10.1. The molecule has 0 amide bonds. The smallest absolute Gasteiger partial charge is 0.393 e. The van der Waals surface area contributed by atoms with Gasteiger partial charge in [-0.1, -0.05) is 20.3 Å². The summed E-state index contributed by atoms with van der Waals surface area (Å²) in [6.07, 6.45) is 3.14. The molecule has 0 aromatic rings. The third-order valence-corrected chi connectivity index (χ3v) is 6.92. The van der Waals surface area contributed by atoms with E-state index in [2.05, 4.69) is 13.8 Å². The van der Waals surface area contributed by atoms with Crippen LogP contribution in [0.4, 0.5) is 0 Å². The molecule has 0 bridgehead atoms. The highest BCUT2D eigenvalue weighted by atomic mass is 28.4. The van der Waals surface area contributed by atoms with Gasteiger partial charge in [0.2, 0.25) is 0 Å². The molecule has 19 heavy (non-hydrogen) atoms. The van der Waals surface area contributed by atoms with E-state index in [4.69, 9.17) is 13.3 Å². The first-order valence-electron chi connectivity index (χ1n) is 7.69. The van der Waals surface area contributed by atoms with Crippen LogP contribution in [0.1, 0.15) is 60.3 Å². The lowest BCUT2D eigenvalue weighted by Crippen LogP contribution is -2.51. The van der Waals surface area contributed by atoms with Crippen molar-refractivity contribution in [1.82, 2.24) is 0 Å². The average molecular weight is 292 g/mol. The summed E-state index contributed by atoms with van der Waals surface area (Å²) in [7, 11) is -2.68. The summed E-state index contributed by atoms with van der Waals surface area (Å²) in [6, 6.07) is 0. The minimum Gasteiger partial charge on any atom is -0.393 e. The first kappa shape index (κ1) is 19.1. The van der Waals surface area contributed by atoms with Gasteiger partial charge in [0.05, 0.1) is 6.10 Å². The zero-order chi connectivity index (χ0) is 14.7. The maximum Gasteiger partial charge on any atom is 0.504 e. The molecule has 0 aliphatic carbocycles. The van der Waals surface area contributed by atoms with Crippen LogP contribution >= 0.6 is 0 Å². The van der Waals surface area contributed by atoms with Crippen LogP contribution in [-0.4, -0.2) is 39.8 Å². The molecule has 2 unspecified atom stereocenters. The molecule has 0 saturated carbocycles. The summed E-state index contributed by atoms with van der Waals surface area (Å²) < 4.78 is 17.8. The predicted molar refractivity (Wildman–Crippen MR) is 80.2 cm³/mol. The molecule has 1 N–H and O–H groups in total. The van der Waals surface area contributed by atoms with Crippen molar-refractivity contribution in [3.05, 3.63) is 0 Å². The van der Waals surface area contributed by atoms with E-state index < -0.39 is 8.80 Å². The molecule has 0 fully saturated rings. The van der Waals surface area contributed by atoms with Crippen molar-refractivity contribution >= 4 is 8.80 Å². The van der Waals surface area contributed by atoms with Gasteiger partial charge in [0.25, 0.3) is 0 Å². The quantitative estimate of drug-likeness (QED) is 0.560. The Balaban J connectivity index is 4.91. The van der Waals surface area contributed by atoms with Crippen molar-refractivity contribution in [1.29, 1.82) is 0 Å². The van der Waals surface area contributed by atoms with Gasteiger partial charge < -0.3 is 18.4 Å². The topological polar surface area (TPSA) is 47.9 Å². The van der Waals surface area contributed by atoms with Gasteiger partial charge in [-0.25, -0.2) is 0 Å². The fourth-order valence-electron chi connectivity index (χ4n) is 2.42. The molecule has 0 aromatic heterocycles. The molecule has 5 heteroatoms. The Morgan fingerprint density at radius 2 is 1.37 bits per heavy atom. The van der Waals surface area contributed by atoms with Gasteiger partial charge in [0.1, 0.15) is 0 Å². The van der Waals surface area contributed by atoms with E-state index in [1.54, 1.807) is 0 Å². The average Bonchev–Trinajstić information content (AvgIpc) is 2.37. The van der Waals surface area contributed by atoms with Crippen LogP contribution in [0.25, 0.3) is 0 Å². The highest BCUT2D eigenvalue weighted by molar-refractivity contribution is 6.62. The van der Waals surface area contributed by atoms with E-state index in [1.165, 1.54) is 0 Å². The van der Waals surface area contributed by atoms with Gasteiger partial charge in [-0.15, -0.1) is 0 Å². The van der Waals surface area contributed by atoms with Gasteiger partial charge in [-0.05, 0) is 40.0 Å². The fourth-order valence-corrected chi connectivity index (χ4v) is 5.65. The summed E-state index contributed by atoms with van der Waals surface area (Å²) in [5, 5.41) is 10.1. The van der Waals surface area contributed by atoms with Gasteiger partial charge in [-0.2, -0.15) is 0 Å². The lowest BCUT2D eigenvalue weighted by molar-refractivity contribution is 0.0497. The van der Waals surface area contributed by atoms with Crippen LogP contribution in [0, 0.1) is 0 Å². The molecule has 116 valence electrons. The Bertz CT molecular complexity index is 197. The van der Waals surface area contributed by atoms with Gasteiger partial charge in [-0.3, -0.25) is 0 Å². The summed E-state index contributed by atoms with van der Waals surface area (Å²) in [5.41, 5.74) is 0.175. The summed E-state index contributed by atoms with van der Waals surface area (Å²) in [4.78, 5) is 0. The van der Waals surface area contributed by atoms with Crippen molar-refractivity contribution in [2.24, 2.45) is 0 Å². The number of rotatable bonds is 12. The van der Waals surface area contributed by atoms with E-state index >= 15 is 0 Å². The molecule has 2 atom stereocenters. The van der Waals surface area contributed by atoms with Crippen LogP contribution in [0.5, 0.6) is 0 Å². The minimum absolute atomic E-state index is 0.175. The molecular weight excluding hydrogens is 260 g/mol. The van der Waals surface area contributed by atoms with Crippen molar-refractivity contribution in [3.8, 4) is 0 Å². The van der Waals surface area contributed by atoms with E-state index in [-0.39, 0.29) is 11.6 Å². The fraction of sp³-hybridized carbons (Fsp3) is 1.00. The molecule has 0 radical (unpaired) electrons. The van der Waals surface area contributed by atoms with E-state index in [1.807, 2.05) is 20.8 Å². The third-order valence-electron chi connectivity index (χ3n) is 3.21. The van der Waals surface area contributed by atoms with Crippen LogP contribution in [-0.2, 0) is 13.3 Å². The molecular formula is C14H32O4Si. The molecule has 0 aromatic carbocycles. The number of hydrogen-bond acceptors (Lipinski definition) is 4. The highest BCUT2D eigenvalue weighted by Gasteiger charge is 2.48. The second-order valence-electron chi connectivity index (χ2n) is 4.69. The van der Waals surface area contributed by atoms with Gasteiger partial charge >= 0.3 is 8.80 Å². The maximum atomic E-state index is 10.1. The number of aliphatic hydroxyl groups is 1. The molecule has 0 heterocycles. The largest absolute Gasteiger partial charge is 0.504 e. The first-order valence-corrected chi connectivity index (χ1v) is 9.50. The molecule has 0 saturated heterocycles.